The van der Waals surface area contributed by atoms with E-state index in [1.165, 1.54) is 27.9 Å². The summed E-state index contributed by atoms with van der Waals surface area (Å²) in [4.78, 5) is 1.40. The lowest BCUT2D eigenvalue weighted by molar-refractivity contribution is -0.00338. The van der Waals surface area contributed by atoms with Gasteiger partial charge in [-0.15, -0.1) is 11.3 Å². The highest BCUT2D eigenvalue weighted by atomic mass is 79.9. The zero-order valence-corrected chi connectivity index (χ0v) is 12.6. The van der Waals surface area contributed by atoms with Crippen LogP contribution in [0.3, 0.4) is 0 Å². The SMILES string of the molecule is CCCC1CC(NCc2ccc(Br)s2)CCO1. The van der Waals surface area contributed by atoms with Crippen molar-refractivity contribution in [1.29, 1.82) is 0 Å². The fourth-order valence-electron chi connectivity index (χ4n) is 2.28. The first-order valence-corrected chi connectivity index (χ1v) is 7.98. The zero-order chi connectivity index (χ0) is 12.1. The molecule has 2 nitrogen and oxygen atoms in total. The molecule has 4 heteroatoms. The molecule has 1 aliphatic heterocycles. The Kier molecular flexibility index (Phi) is 5.48. The van der Waals surface area contributed by atoms with Gasteiger partial charge in [0, 0.05) is 24.1 Å². The minimum atomic E-state index is 0.473. The van der Waals surface area contributed by atoms with Gasteiger partial charge in [0.25, 0.3) is 0 Å². The van der Waals surface area contributed by atoms with Crippen LogP contribution in [-0.4, -0.2) is 18.8 Å². The first-order valence-electron chi connectivity index (χ1n) is 6.37. The molecule has 0 saturated carbocycles. The second-order valence-electron chi connectivity index (χ2n) is 4.59. The second kappa shape index (κ2) is 6.88. The summed E-state index contributed by atoms with van der Waals surface area (Å²) in [5.74, 6) is 0. The number of thiophene rings is 1. The van der Waals surface area contributed by atoms with Crippen LogP contribution in [0.5, 0.6) is 0 Å². The standard InChI is InChI=1S/C13H20BrNOS/c1-2-3-11-8-10(6-7-16-11)15-9-12-4-5-13(14)17-12/h4-5,10-11,15H,2-3,6-9H2,1H3. The van der Waals surface area contributed by atoms with E-state index in [0.717, 1.165) is 19.6 Å². The normalized spacial score (nSPS) is 25.1. The first kappa shape index (κ1) is 13.5. The summed E-state index contributed by atoms with van der Waals surface area (Å²) in [5, 5.41) is 3.65. The Morgan fingerprint density at radius 2 is 2.41 bits per heavy atom. The van der Waals surface area contributed by atoms with E-state index in [1.807, 2.05) is 11.3 Å². The molecule has 1 aliphatic rings. The average molecular weight is 318 g/mol. The number of halogens is 1. The Balaban J connectivity index is 1.75. The van der Waals surface area contributed by atoms with Gasteiger partial charge in [0.2, 0.25) is 0 Å². The topological polar surface area (TPSA) is 21.3 Å². The summed E-state index contributed by atoms with van der Waals surface area (Å²) in [6.07, 6.45) is 5.20. The summed E-state index contributed by atoms with van der Waals surface area (Å²) >= 11 is 5.31. The van der Waals surface area contributed by atoms with Gasteiger partial charge in [0.05, 0.1) is 9.89 Å². The van der Waals surface area contributed by atoms with Crippen molar-refractivity contribution in [1.82, 2.24) is 5.32 Å². The van der Waals surface area contributed by atoms with E-state index in [-0.39, 0.29) is 0 Å². The number of nitrogens with one attached hydrogen (secondary N) is 1. The highest BCUT2D eigenvalue weighted by Gasteiger charge is 2.21. The first-order chi connectivity index (χ1) is 8.28. The number of hydrogen-bond donors (Lipinski definition) is 1. The molecule has 1 fully saturated rings. The fourth-order valence-corrected chi connectivity index (χ4v) is 3.71. The Labute approximate surface area is 116 Å². The van der Waals surface area contributed by atoms with Crippen LogP contribution in [0, 0.1) is 0 Å². The van der Waals surface area contributed by atoms with Crippen LogP contribution >= 0.6 is 27.3 Å². The van der Waals surface area contributed by atoms with Gasteiger partial charge in [0.1, 0.15) is 0 Å². The van der Waals surface area contributed by atoms with Gasteiger partial charge in [-0.2, -0.15) is 0 Å². The van der Waals surface area contributed by atoms with Gasteiger partial charge in [-0.3, -0.25) is 0 Å². The highest BCUT2D eigenvalue weighted by molar-refractivity contribution is 9.11. The third-order valence-corrected chi connectivity index (χ3v) is 4.80. The second-order valence-corrected chi connectivity index (χ2v) is 7.14. The van der Waals surface area contributed by atoms with E-state index in [9.17, 15) is 0 Å². The molecular weight excluding hydrogens is 298 g/mol. The molecule has 2 heterocycles. The van der Waals surface area contributed by atoms with Crippen LogP contribution in [-0.2, 0) is 11.3 Å². The molecule has 96 valence electrons. The molecule has 2 rings (SSSR count). The van der Waals surface area contributed by atoms with Crippen molar-refractivity contribution in [3.05, 3.63) is 20.8 Å². The van der Waals surface area contributed by atoms with E-state index < -0.39 is 0 Å². The summed E-state index contributed by atoms with van der Waals surface area (Å²) in [5.41, 5.74) is 0. The van der Waals surface area contributed by atoms with E-state index in [0.29, 0.717) is 12.1 Å². The highest BCUT2D eigenvalue weighted by Crippen LogP contribution is 2.23. The van der Waals surface area contributed by atoms with Crippen LogP contribution in [0.2, 0.25) is 0 Å². The molecular formula is C13H20BrNOS. The Morgan fingerprint density at radius 1 is 1.53 bits per heavy atom. The van der Waals surface area contributed by atoms with Crippen LogP contribution in [0.25, 0.3) is 0 Å². The van der Waals surface area contributed by atoms with E-state index in [1.54, 1.807) is 0 Å². The summed E-state index contributed by atoms with van der Waals surface area (Å²) < 4.78 is 6.97. The van der Waals surface area contributed by atoms with Crippen molar-refractivity contribution >= 4 is 27.3 Å². The predicted molar refractivity (Wildman–Crippen MR) is 76.5 cm³/mol. The quantitative estimate of drug-likeness (QED) is 0.888. The van der Waals surface area contributed by atoms with Crippen molar-refractivity contribution in [3.8, 4) is 0 Å². The van der Waals surface area contributed by atoms with Crippen LogP contribution < -0.4 is 5.32 Å². The largest absolute Gasteiger partial charge is 0.378 e. The molecule has 0 spiro atoms. The molecule has 1 saturated heterocycles. The maximum absolute atomic E-state index is 5.76. The van der Waals surface area contributed by atoms with Crippen LogP contribution in [0.15, 0.2) is 15.9 Å². The third-order valence-electron chi connectivity index (χ3n) is 3.17. The van der Waals surface area contributed by atoms with E-state index in [2.05, 4.69) is 40.3 Å². The van der Waals surface area contributed by atoms with Gasteiger partial charge >= 0.3 is 0 Å². The maximum atomic E-state index is 5.76. The smallest absolute Gasteiger partial charge is 0.0701 e. The molecule has 17 heavy (non-hydrogen) atoms. The van der Waals surface area contributed by atoms with E-state index in [4.69, 9.17) is 4.74 Å². The lowest BCUT2D eigenvalue weighted by atomic mass is 10.0. The molecule has 2 atom stereocenters. The molecule has 1 aromatic rings. The minimum Gasteiger partial charge on any atom is -0.378 e. The van der Waals surface area contributed by atoms with E-state index >= 15 is 0 Å². The Hall–Kier alpha value is 0.1000. The predicted octanol–water partition coefficient (Wildman–Crippen LogP) is 3.95. The lowest BCUT2D eigenvalue weighted by Gasteiger charge is -2.30. The summed E-state index contributed by atoms with van der Waals surface area (Å²) in [6.45, 7) is 4.12. The molecule has 0 aliphatic carbocycles. The number of hydrogen-bond acceptors (Lipinski definition) is 3. The average Bonchev–Trinajstić information content (AvgIpc) is 2.74. The summed E-state index contributed by atoms with van der Waals surface area (Å²) in [7, 11) is 0. The van der Waals surface area contributed by atoms with Gasteiger partial charge in [-0.1, -0.05) is 13.3 Å². The van der Waals surface area contributed by atoms with Crippen molar-refractivity contribution in [2.45, 2.75) is 51.3 Å². The number of ether oxygens (including phenoxy) is 1. The molecule has 0 radical (unpaired) electrons. The maximum Gasteiger partial charge on any atom is 0.0701 e. The molecule has 1 N–H and O–H groups in total. The van der Waals surface area contributed by atoms with Crippen molar-refractivity contribution < 1.29 is 4.74 Å². The fraction of sp³-hybridized carbons (Fsp3) is 0.692. The van der Waals surface area contributed by atoms with Crippen molar-refractivity contribution in [3.63, 3.8) is 0 Å². The third kappa shape index (κ3) is 4.36. The minimum absolute atomic E-state index is 0.473. The van der Waals surface area contributed by atoms with Crippen molar-refractivity contribution in [2.24, 2.45) is 0 Å². The monoisotopic (exact) mass is 317 g/mol. The van der Waals surface area contributed by atoms with Crippen LogP contribution in [0.4, 0.5) is 0 Å². The molecule has 0 amide bonds. The van der Waals surface area contributed by atoms with Gasteiger partial charge in [-0.05, 0) is 47.3 Å². The molecule has 2 unspecified atom stereocenters. The van der Waals surface area contributed by atoms with Gasteiger partial charge in [-0.25, -0.2) is 0 Å². The zero-order valence-electron chi connectivity index (χ0n) is 10.2. The Bertz CT molecular complexity index is 340. The Morgan fingerprint density at radius 3 is 3.12 bits per heavy atom. The molecule has 0 aromatic carbocycles. The molecule has 0 bridgehead atoms. The van der Waals surface area contributed by atoms with Gasteiger partial charge in [0.15, 0.2) is 0 Å². The van der Waals surface area contributed by atoms with Crippen LogP contribution in [0.1, 0.15) is 37.5 Å². The van der Waals surface area contributed by atoms with Gasteiger partial charge < -0.3 is 10.1 Å². The lowest BCUT2D eigenvalue weighted by Crippen LogP contribution is -2.38. The summed E-state index contributed by atoms with van der Waals surface area (Å²) in [6, 6.07) is 4.93. The van der Waals surface area contributed by atoms with Crippen molar-refractivity contribution in [2.75, 3.05) is 6.61 Å². The molecule has 1 aromatic heterocycles. The number of rotatable bonds is 5.